The highest BCUT2D eigenvalue weighted by Crippen LogP contribution is 2.32. The summed E-state index contributed by atoms with van der Waals surface area (Å²) in [5.74, 6) is 1.39. The van der Waals surface area contributed by atoms with Crippen LogP contribution in [0.5, 0.6) is 0 Å². The summed E-state index contributed by atoms with van der Waals surface area (Å²) in [4.78, 5) is 2.62. The molecule has 1 atom stereocenters. The topological polar surface area (TPSA) is 68.1 Å². The van der Waals surface area contributed by atoms with E-state index in [9.17, 15) is 8.42 Å². The van der Waals surface area contributed by atoms with Gasteiger partial charge in [0.15, 0.2) is 9.84 Å². The zero-order chi connectivity index (χ0) is 17.2. The molecule has 2 aromatic rings. The minimum Gasteiger partial charge on any atom is -0.370 e. The molecule has 1 saturated heterocycles. The molecule has 1 aliphatic rings. The van der Waals surface area contributed by atoms with Crippen molar-refractivity contribution in [1.29, 1.82) is 0 Å². The van der Waals surface area contributed by atoms with Gasteiger partial charge in [-0.05, 0) is 31.9 Å². The molecular formula is C17H24N4O2S. The summed E-state index contributed by atoms with van der Waals surface area (Å²) in [6, 6.07) is 7.32. The lowest BCUT2D eigenvalue weighted by Crippen LogP contribution is -2.36. The fraction of sp³-hybridized carbons (Fsp3) is 0.529. The highest BCUT2D eigenvalue weighted by atomic mass is 32.2. The van der Waals surface area contributed by atoms with Crippen LogP contribution in [0.25, 0.3) is 0 Å². The van der Waals surface area contributed by atoms with Gasteiger partial charge in [0.2, 0.25) is 0 Å². The van der Waals surface area contributed by atoms with Gasteiger partial charge in [-0.2, -0.15) is 0 Å². The standard InChI is InChI=1S/C17H24N4O2S/c1-3-20-13-18-19-17(20)14-8-7-11-21(12-14)15-9-5-6-10-16(15)24(22,23)4-2/h5-6,9-10,13-14H,3-4,7-8,11-12H2,1-2H3/t14-/m0/s1. The predicted molar refractivity (Wildman–Crippen MR) is 94.1 cm³/mol. The van der Waals surface area contributed by atoms with Crippen LogP contribution in [0.2, 0.25) is 0 Å². The van der Waals surface area contributed by atoms with Gasteiger partial charge in [0.1, 0.15) is 12.2 Å². The summed E-state index contributed by atoms with van der Waals surface area (Å²) in [6.07, 6.45) is 3.84. The lowest BCUT2D eigenvalue weighted by Gasteiger charge is -2.35. The molecule has 7 heteroatoms. The first kappa shape index (κ1) is 17.0. The Labute approximate surface area is 143 Å². The normalized spacial score (nSPS) is 18.8. The smallest absolute Gasteiger partial charge is 0.180 e. The summed E-state index contributed by atoms with van der Waals surface area (Å²) in [6.45, 7) is 6.26. The molecule has 1 aromatic carbocycles. The second kappa shape index (κ2) is 6.93. The summed E-state index contributed by atoms with van der Waals surface area (Å²) in [7, 11) is -3.24. The molecular weight excluding hydrogens is 324 g/mol. The number of nitrogens with zero attached hydrogens (tertiary/aromatic N) is 4. The Bertz CT molecular complexity index is 800. The van der Waals surface area contributed by atoms with E-state index in [0.29, 0.717) is 4.90 Å². The Morgan fingerprint density at radius 3 is 2.79 bits per heavy atom. The maximum atomic E-state index is 12.4. The number of hydrogen-bond donors (Lipinski definition) is 0. The third-order valence-corrected chi connectivity index (χ3v) is 6.47. The van der Waals surface area contributed by atoms with Gasteiger partial charge in [-0.1, -0.05) is 19.1 Å². The van der Waals surface area contributed by atoms with Crippen LogP contribution in [0, 0.1) is 0 Å². The van der Waals surface area contributed by atoms with Crippen molar-refractivity contribution in [2.45, 2.75) is 44.0 Å². The number of piperidine rings is 1. The molecule has 24 heavy (non-hydrogen) atoms. The Morgan fingerprint density at radius 1 is 1.25 bits per heavy atom. The Balaban J connectivity index is 1.91. The lowest BCUT2D eigenvalue weighted by molar-refractivity contribution is 0.471. The lowest BCUT2D eigenvalue weighted by atomic mass is 9.96. The van der Waals surface area contributed by atoms with Crippen LogP contribution in [-0.2, 0) is 16.4 Å². The number of para-hydroxylation sites is 1. The molecule has 0 unspecified atom stereocenters. The second-order valence-corrected chi connectivity index (χ2v) is 8.38. The minimum atomic E-state index is -3.24. The van der Waals surface area contributed by atoms with E-state index in [1.807, 2.05) is 12.1 Å². The Morgan fingerprint density at radius 2 is 2.04 bits per heavy atom. The van der Waals surface area contributed by atoms with Crippen molar-refractivity contribution in [2.24, 2.45) is 0 Å². The number of aromatic nitrogens is 3. The quantitative estimate of drug-likeness (QED) is 0.830. The van der Waals surface area contributed by atoms with E-state index < -0.39 is 9.84 Å². The fourth-order valence-electron chi connectivity index (χ4n) is 3.37. The first-order valence-corrected chi connectivity index (χ1v) is 10.2. The Kier molecular flexibility index (Phi) is 4.89. The van der Waals surface area contributed by atoms with E-state index in [1.165, 1.54) is 0 Å². The molecule has 0 bridgehead atoms. The molecule has 6 nitrogen and oxygen atoms in total. The van der Waals surface area contributed by atoms with Crippen LogP contribution < -0.4 is 4.90 Å². The Hall–Kier alpha value is -1.89. The monoisotopic (exact) mass is 348 g/mol. The summed E-state index contributed by atoms with van der Waals surface area (Å²) >= 11 is 0. The summed E-state index contributed by atoms with van der Waals surface area (Å²) in [5, 5.41) is 8.33. The molecule has 3 rings (SSSR count). The first-order valence-electron chi connectivity index (χ1n) is 8.51. The largest absolute Gasteiger partial charge is 0.370 e. The van der Waals surface area contributed by atoms with Gasteiger partial charge in [0.05, 0.1) is 16.3 Å². The molecule has 0 N–H and O–H groups in total. The van der Waals surface area contributed by atoms with Crippen molar-refractivity contribution in [1.82, 2.24) is 14.8 Å². The SMILES string of the molecule is CCn1cnnc1[C@H]1CCCN(c2ccccc2S(=O)(=O)CC)C1. The van der Waals surface area contributed by atoms with Crippen LogP contribution in [0.15, 0.2) is 35.5 Å². The zero-order valence-electron chi connectivity index (χ0n) is 14.2. The third kappa shape index (κ3) is 3.17. The van der Waals surface area contributed by atoms with Crippen molar-refractivity contribution in [2.75, 3.05) is 23.7 Å². The number of aryl methyl sites for hydroxylation is 1. The van der Waals surface area contributed by atoms with Crippen LogP contribution >= 0.6 is 0 Å². The van der Waals surface area contributed by atoms with Crippen LogP contribution in [0.1, 0.15) is 38.4 Å². The van der Waals surface area contributed by atoms with E-state index in [1.54, 1.807) is 25.4 Å². The van der Waals surface area contributed by atoms with Gasteiger partial charge in [-0.25, -0.2) is 8.42 Å². The van der Waals surface area contributed by atoms with Crippen LogP contribution in [-0.4, -0.2) is 42.0 Å². The molecule has 130 valence electrons. The summed E-state index contributed by atoms with van der Waals surface area (Å²) < 4.78 is 26.9. The van der Waals surface area contributed by atoms with Crippen molar-refractivity contribution in [3.05, 3.63) is 36.4 Å². The fourth-order valence-corrected chi connectivity index (χ4v) is 4.48. The molecule has 0 saturated carbocycles. The average molecular weight is 348 g/mol. The van der Waals surface area contributed by atoms with Crippen molar-refractivity contribution < 1.29 is 8.42 Å². The zero-order valence-corrected chi connectivity index (χ0v) is 15.0. The van der Waals surface area contributed by atoms with Crippen molar-refractivity contribution in [3.63, 3.8) is 0 Å². The van der Waals surface area contributed by atoms with Gasteiger partial charge in [0, 0.05) is 25.6 Å². The average Bonchev–Trinajstić information content (AvgIpc) is 3.10. The third-order valence-electron chi connectivity index (χ3n) is 4.69. The van der Waals surface area contributed by atoms with Crippen LogP contribution in [0.3, 0.4) is 0 Å². The molecule has 0 spiro atoms. The molecule has 0 amide bonds. The molecule has 0 aliphatic carbocycles. The highest BCUT2D eigenvalue weighted by Gasteiger charge is 2.28. The number of rotatable bonds is 5. The number of hydrogen-bond acceptors (Lipinski definition) is 5. The van der Waals surface area contributed by atoms with Gasteiger partial charge in [-0.15, -0.1) is 10.2 Å². The minimum absolute atomic E-state index is 0.117. The van der Waals surface area contributed by atoms with E-state index in [4.69, 9.17) is 0 Å². The van der Waals surface area contributed by atoms with Gasteiger partial charge in [0.25, 0.3) is 0 Å². The molecule has 1 aliphatic heterocycles. The number of sulfone groups is 1. The number of anilines is 1. The highest BCUT2D eigenvalue weighted by molar-refractivity contribution is 7.91. The maximum absolute atomic E-state index is 12.4. The molecule has 1 fully saturated rings. The predicted octanol–water partition coefficient (Wildman–Crippen LogP) is 2.48. The van der Waals surface area contributed by atoms with Gasteiger partial charge in [-0.3, -0.25) is 0 Å². The maximum Gasteiger partial charge on any atom is 0.180 e. The summed E-state index contributed by atoms with van der Waals surface area (Å²) in [5.41, 5.74) is 0.812. The van der Waals surface area contributed by atoms with Gasteiger partial charge >= 0.3 is 0 Å². The van der Waals surface area contributed by atoms with E-state index in [0.717, 1.165) is 44.0 Å². The molecule has 1 aromatic heterocycles. The van der Waals surface area contributed by atoms with Crippen molar-refractivity contribution >= 4 is 15.5 Å². The van der Waals surface area contributed by atoms with E-state index in [2.05, 4.69) is 26.6 Å². The first-order chi connectivity index (χ1) is 11.6. The van der Waals surface area contributed by atoms with Crippen molar-refractivity contribution in [3.8, 4) is 0 Å². The molecule has 0 radical (unpaired) electrons. The van der Waals surface area contributed by atoms with E-state index >= 15 is 0 Å². The second-order valence-electron chi connectivity index (χ2n) is 6.13. The van der Waals surface area contributed by atoms with Gasteiger partial charge < -0.3 is 9.47 Å². The van der Waals surface area contributed by atoms with Crippen LogP contribution in [0.4, 0.5) is 5.69 Å². The molecule has 2 heterocycles. The number of benzene rings is 1. The van der Waals surface area contributed by atoms with E-state index in [-0.39, 0.29) is 11.7 Å².